The number of rotatable bonds is 9. The predicted octanol–water partition coefficient (Wildman–Crippen LogP) is 4.21. The minimum Gasteiger partial charge on any atom is -0.392 e. The second-order valence-electron chi connectivity index (χ2n) is 9.38. The van der Waals surface area contributed by atoms with E-state index in [1.165, 1.54) is 11.1 Å². The quantitative estimate of drug-likeness (QED) is 0.462. The number of aryl methyl sites for hydroxylation is 1. The fourth-order valence-corrected chi connectivity index (χ4v) is 4.91. The number of allylic oxidation sites excluding steroid dienone is 4. The number of nitrogens with zero attached hydrogens (tertiary/aromatic N) is 1. The fourth-order valence-electron chi connectivity index (χ4n) is 4.91. The molecule has 1 aromatic rings. The van der Waals surface area contributed by atoms with Crippen molar-refractivity contribution >= 4 is 5.91 Å². The summed E-state index contributed by atoms with van der Waals surface area (Å²) in [6, 6.07) is 8.23. The zero-order valence-corrected chi connectivity index (χ0v) is 19.1. The molecule has 1 aromatic carbocycles. The second kappa shape index (κ2) is 10.9. The van der Waals surface area contributed by atoms with Crippen LogP contribution in [-0.2, 0) is 11.2 Å². The smallest absolute Gasteiger partial charge is 0.222 e. The lowest BCUT2D eigenvalue weighted by Gasteiger charge is -2.18. The van der Waals surface area contributed by atoms with Gasteiger partial charge in [0.2, 0.25) is 5.91 Å². The summed E-state index contributed by atoms with van der Waals surface area (Å²) in [6.45, 7) is 2.06. The van der Waals surface area contributed by atoms with Gasteiger partial charge < -0.3 is 15.1 Å². The van der Waals surface area contributed by atoms with E-state index in [4.69, 9.17) is 0 Å². The third-order valence-electron chi connectivity index (χ3n) is 6.58. The molecule has 0 spiro atoms. The first-order valence-electron chi connectivity index (χ1n) is 11.5. The Bertz CT molecular complexity index is 839. The topological polar surface area (TPSA) is 60.8 Å². The SMILES string of the molecule is Cc1cccc(C[C@H](O)C=C[C@@H]2[C@H]3CC(C=CCCCC(=O)N(C)C)=C[C@H]3C[C@H]2O)c1. The third-order valence-corrected chi connectivity index (χ3v) is 6.58. The van der Waals surface area contributed by atoms with Crippen molar-refractivity contribution in [2.24, 2.45) is 17.8 Å². The zero-order chi connectivity index (χ0) is 22.4. The summed E-state index contributed by atoms with van der Waals surface area (Å²) in [7, 11) is 3.59. The summed E-state index contributed by atoms with van der Waals surface area (Å²) >= 11 is 0. The summed E-state index contributed by atoms with van der Waals surface area (Å²) in [5, 5.41) is 21.0. The van der Waals surface area contributed by atoms with Crippen LogP contribution in [-0.4, -0.2) is 47.3 Å². The van der Waals surface area contributed by atoms with Gasteiger partial charge in [0.15, 0.2) is 0 Å². The average Bonchev–Trinajstić information content (AvgIpc) is 3.22. The number of amides is 1. The minimum atomic E-state index is -0.536. The number of hydrogen-bond donors (Lipinski definition) is 2. The summed E-state index contributed by atoms with van der Waals surface area (Å²) in [4.78, 5) is 13.3. The largest absolute Gasteiger partial charge is 0.392 e. The van der Waals surface area contributed by atoms with Gasteiger partial charge >= 0.3 is 0 Å². The molecule has 0 saturated heterocycles. The minimum absolute atomic E-state index is 0.0945. The Hall–Kier alpha value is -2.17. The maximum Gasteiger partial charge on any atom is 0.222 e. The lowest BCUT2D eigenvalue weighted by molar-refractivity contribution is -0.128. The lowest BCUT2D eigenvalue weighted by atomic mass is 9.89. The Morgan fingerprint density at radius 3 is 2.87 bits per heavy atom. The van der Waals surface area contributed by atoms with E-state index in [-0.39, 0.29) is 17.9 Å². The van der Waals surface area contributed by atoms with Crippen LogP contribution >= 0.6 is 0 Å². The van der Waals surface area contributed by atoms with Crippen LogP contribution in [0.5, 0.6) is 0 Å². The van der Waals surface area contributed by atoms with E-state index in [1.54, 1.807) is 19.0 Å². The summed E-state index contributed by atoms with van der Waals surface area (Å²) < 4.78 is 0. The molecule has 0 unspecified atom stereocenters. The molecule has 0 aromatic heterocycles. The third kappa shape index (κ3) is 6.65. The summed E-state index contributed by atoms with van der Waals surface area (Å²) in [6.07, 6.45) is 14.4. The first-order chi connectivity index (χ1) is 14.8. The van der Waals surface area contributed by atoms with E-state index in [0.717, 1.165) is 31.2 Å². The number of fused-ring (bicyclic) bond motifs is 1. The molecule has 0 heterocycles. The van der Waals surface area contributed by atoms with Crippen molar-refractivity contribution in [1.29, 1.82) is 0 Å². The Kier molecular flexibility index (Phi) is 8.28. The number of carbonyl (C=O) groups is 1. The molecule has 1 fully saturated rings. The van der Waals surface area contributed by atoms with Crippen LogP contribution < -0.4 is 0 Å². The number of hydrogen-bond acceptors (Lipinski definition) is 3. The summed E-state index contributed by atoms with van der Waals surface area (Å²) in [5.41, 5.74) is 3.66. The van der Waals surface area contributed by atoms with Crippen LogP contribution in [0.15, 0.2) is 60.2 Å². The van der Waals surface area contributed by atoms with E-state index in [1.807, 2.05) is 24.3 Å². The zero-order valence-electron chi connectivity index (χ0n) is 19.1. The highest BCUT2D eigenvalue weighted by molar-refractivity contribution is 5.75. The Morgan fingerprint density at radius 2 is 2.13 bits per heavy atom. The van der Waals surface area contributed by atoms with Crippen molar-refractivity contribution in [3.8, 4) is 0 Å². The molecular weight excluding hydrogens is 386 g/mol. The van der Waals surface area contributed by atoms with Crippen LogP contribution in [0, 0.1) is 24.7 Å². The molecule has 1 amide bonds. The average molecular weight is 424 g/mol. The Labute approximate surface area is 187 Å². The van der Waals surface area contributed by atoms with E-state index in [0.29, 0.717) is 24.7 Å². The standard InChI is InChI=1S/C27H37NO3/c1-19-8-7-10-20(14-19)16-23(29)12-13-24-25-17-21(15-22(25)18-26(24)30)9-5-4-6-11-27(31)28(2)3/h5,7-10,12-15,22-26,29-30H,4,6,11,16-18H2,1-3H3/t22-,23+,24+,25-,26+/m0/s1. The number of benzene rings is 1. The van der Waals surface area contributed by atoms with Gasteiger partial charge in [-0.25, -0.2) is 0 Å². The maximum absolute atomic E-state index is 11.6. The molecule has 2 aliphatic rings. The monoisotopic (exact) mass is 423 g/mol. The first-order valence-corrected chi connectivity index (χ1v) is 11.5. The van der Waals surface area contributed by atoms with Crippen LogP contribution in [0.1, 0.15) is 43.2 Å². The van der Waals surface area contributed by atoms with Gasteiger partial charge in [-0.3, -0.25) is 4.79 Å². The molecule has 0 aliphatic heterocycles. The molecule has 4 heteroatoms. The van der Waals surface area contributed by atoms with Crippen molar-refractivity contribution in [1.82, 2.24) is 4.90 Å². The molecular formula is C27H37NO3. The molecule has 4 nitrogen and oxygen atoms in total. The van der Waals surface area contributed by atoms with Crippen LogP contribution in [0.2, 0.25) is 0 Å². The maximum atomic E-state index is 11.6. The van der Waals surface area contributed by atoms with Crippen molar-refractivity contribution < 1.29 is 15.0 Å². The van der Waals surface area contributed by atoms with Crippen molar-refractivity contribution in [2.75, 3.05) is 14.1 Å². The molecule has 0 bridgehead atoms. The number of unbranched alkanes of at least 4 members (excludes halogenated alkanes) is 1. The van der Waals surface area contributed by atoms with Gasteiger partial charge in [0, 0.05) is 32.9 Å². The predicted molar refractivity (Wildman–Crippen MR) is 126 cm³/mol. The highest BCUT2D eigenvalue weighted by Gasteiger charge is 2.42. The van der Waals surface area contributed by atoms with Crippen LogP contribution in [0.3, 0.4) is 0 Å². The highest BCUT2D eigenvalue weighted by atomic mass is 16.3. The number of aliphatic hydroxyl groups excluding tert-OH is 2. The Balaban J connectivity index is 1.48. The van der Waals surface area contributed by atoms with Crippen molar-refractivity contribution in [2.45, 2.75) is 57.7 Å². The number of aliphatic hydroxyl groups is 2. The molecule has 0 radical (unpaired) electrons. The first kappa shape index (κ1) is 23.5. The van der Waals surface area contributed by atoms with E-state index < -0.39 is 6.10 Å². The number of carbonyl (C=O) groups excluding carboxylic acids is 1. The van der Waals surface area contributed by atoms with Gasteiger partial charge in [-0.05, 0) is 50.0 Å². The molecule has 3 rings (SSSR count). The van der Waals surface area contributed by atoms with E-state index in [9.17, 15) is 15.0 Å². The van der Waals surface area contributed by atoms with Crippen molar-refractivity contribution in [3.05, 3.63) is 71.3 Å². The van der Waals surface area contributed by atoms with E-state index in [2.05, 4.69) is 37.3 Å². The molecule has 5 atom stereocenters. The summed E-state index contributed by atoms with van der Waals surface area (Å²) in [5.74, 6) is 1.09. The van der Waals surface area contributed by atoms with Crippen LogP contribution in [0.25, 0.3) is 0 Å². The Morgan fingerprint density at radius 1 is 1.32 bits per heavy atom. The van der Waals surface area contributed by atoms with Gasteiger partial charge in [-0.15, -0.1) is 0 Å². The van der Waals surface area contributed by atoms with Crippen molar-refractivity contribution in [3.63, 3.8) is 0 Å². The van der Waals surface area contributed by atoms with Crippen LogP contribution in [0.4, 0.5) is 0 Å². The second-order valence-corrected chi connectivity index (χ2v) is 9.38. The molecule has 2 N–H and O–H groups in total. The lowest BCUT2D eigenvalue weighted by Crippen LogP contribution is -2.20. The van der Waals surface area contributed by atoms with Gasteiger partial charge in [0.05, 0.1) is 12.2 Å². The van der Waals surface area contributed by atoms with Gasteiger partial charge in [-0.1, -0.05) is 65.8 Å². The van der Waals surface area contributed by atoms with E-state index >= 15 is 0 Å². The molecule has 168 valence electrons. The molecule has 2 aliphatic carbocycles. The van der Waals surface area contributed by atoms with Gasteiger partial charge in [0.1, 0.15) is 0 Å². The fraction of sp³-hybridized carbons (Fsp3) is 0.519. The van der Waals surface area contributed by atoms with Gasteiger partial charge in [-0.2, -0.15) is 0 Å². The van der Waals surface area contributed by atoms with Gasteiger partial charge in [0.25, 0.3) is 0 Å². The molecule has 31 heavy (non-hydrogen) atoms. The highest BCUT2D eigenvalue weighted by Crippen LogP contribution is 2.47. The molecule has 1 saturated carbocycles. The normalized spacial score (nSPS) is 26.4.